The minimum atomic E-state index is -4.45. The van der Waals surface area contributed by atoms with Gasteiger partial charge in [-0.2, -0.15) is 13.2 Å². The summed E-state index contributed by atoms with van der Waals surface area (Å²) < 4.78 is 37.4. The van der Waals surface area contributed by atoms with Gasteiger partial charge < -0.3 is 16.4 Å². The number of alkyl halides is 3. The summed E-state index contributed by atoms with van der Waals surface area (Å²) in [5.74, 6) is 0. The van der Waals surface area contributed by atoms with Gasteiger partial charge in [-0.15, -0.1) is 0 Å². The van der Waals surface area contributed by atoms with Crippen molar-refractivity contribution in [1.82, 2.24) is 5.32 Å². The summed E-state index contributed by atoms with van der Waals surface area (Å²) in [7, 11) is 0. The van der Waals surface area contributed by atoms with Crippen LogP contribution in [-0.4, -0.2) is 12.1 Å². The van der Waals surface area contributed by atoms with E-state index in [1.165, 1.54) is 0 Å². The van der Waals surface area contributed by atoms with Gasteiger partial charge in [-0.3, -0.25) is 0 Å². The Morgan fingerprint density at radius 3 is 2.45 bits per heavy atom. The zero-order valence-corrected chi connectivity index (χ0v) is 10.8. The molecule has 1 aromatic rings. The minimum absolute atomic E-state index is 0.110. The van der Waals surface area contributed by atoms with Crippen molar-refractivity contribution in [3.8, 4) is 0 Å². The number of hydrogen-bond donors (Lipinski definition) is 3. The van der Waals surface area contributed by atoms with Crippen molar-refractivity contribution < 1.29 is 18.0 Å². The number of nitrogen functional groups attached to an aromatic ring is 1. The predicted octanol–water partition coefficient (Wildman–Crippen LogP) is 3.35. The summed E-state index contributed by atoms with van der Waals surface area (Å²) in [5, 5.41) is 5.24. The molecule has 1 aliphatic rings. The van der Waals surface area contributed by atoms with Gasteiger partial charge in [0, 0.05) is 6.04 Å². The van der Waals surface area contributed by atoms with Crippen molar-refractivity contribution in [1.29, 1.82) is 0 Å². The third kappa shape index (κ3) is 3.55. The highest BCUT2D eigenvalue weighted by atomic mass is 19.4. The summed E-state index contributed by atoms with van der Waals surface area (Å²) in [6.07, 6.45) is -0.439. The van der Waals surface area contributed by atoms with Gasteiger partial charge in [0.25, 0.3) is 0 Å². The van der Waals surface area contributed by atoms with Crippen molar-refractivity contribution in [2.75, 3.05) is 11.1 Å². The molecule has 0 spiro atoms. The number of benzene rings is 1. The number of rotatable bonds is 2. The van der Waals surface area contributed by atoms with Crippen LogP contribution in [0.5, 0.6) is 0 Å². The van der Waals surface area contributed by atoms with Crippen molar-refractivity contribution >= 4 is 17.4 Å². The maximum Gasteiger partial charge on any atom is 0.416 e. The Labute approximate surface area is 114 Å². The van der Waals surface area contributed by atoms with Crippen LogP contribution >= 0.6 is 0 Å². The van der Waals surface area contributed by atoms with Gasteiger partial charge in [0.2, 0.25) is 0 Å². The molecular weight excluding hydrogens is 271 g/mol. The van der Waals surface area contributed by atoms with Gasteiger partial charge in [0.15, 0.2) is 0 Å². The lowest BCUT2D eigenvalue weighted by molar-refractivity contribution is -0.137. The Bertz CT molecular complexity index is 496. The van der Waals surface area contributed by atoms with E-state index in [4.69, 9.17) is 5.73 Å². The quantitative estimate of drug-likeness (QED) is 0.730. The molecule has 0 unspecified atom stereocenters. The molecule has 7 heteroatoms. The average Bonchev–Trinajstić information content (AvgIpc) is 2.83. The molecule has 1 aromatic carbocycles. The smallest absolute Gasteiger partial charge is 0.397 e. The van der Waals surface area contributed by atoms with E-state index in [1.54, 1.807) is 0 Å². The lowest BCUT2D eigenvalue weighted by Crippen LogP contribution is -2.36. The second kappa shape index (κ2) is 5.60. The van der Waals surface area contributed by atoms with Gasteiger partial charge in [0.05, 0.1) is 16.9 Å². The molecule has 2 amide bonds. The summed E-state index contributed by atoms with van der Waals surface area (Å²) in [5.41, 5.74) is 4.76. The second-order valence-corrected chi connectivity index (χ2v) is 4.88. The number of carbonyl (C=O) groups is 1. The molecule has 1 saturated carbocycles. The van der Waals surface area contributed by atoms with E-state index in [0.717, 1.165) is 43.9 Å². The summed E-state index contributed by atoms with van der Waals surface area (Å²) in [6.45, 7) is 0. The van der Waals surface area contributed by atoms with Crippen molar-refractivity contribution in [3.63, 3.8) is 0 Å². The first-order valence-corrected chi connectivity index (χ1v) is 6.40. The van der Waals surface area contributed by atoms with Gasteiger partial charge in [-0.05, 0) is 31.0 Å². The molecule has 4 nitrogen and oxygen atoms in total. The Morgan fingerprint density at radius 2 is 1.90 bits per heavy atom. The average molecular weight is 287 g/mol. The Morgan fingerprint density at radius 1 is 1.25 bits per heavy atom. The van der Waals surface area contributed by atoms with Crippen LogP contribution < -0.4 is 16.4 Å². The normalized spacial score (nSPS) is 16.1. The fraction of sp³-hybridized carbons (Fsp3) is 0.462. The molecule has 0 heterocycles. The number of nitrogens with two attached hydrogens (primary N) is 1. The second-order valence-electron chi connectivity index (χ2n) is 4.88. The third-order valence-electron chi connectivity index (χ3n) is 3.32. The molecule has 0 aromatic heterocycles. The molecule has 0 radical (unpaired) electrons. The van der Waals surface area contributed by atoms with Crippen molar-refractivity contribution in [2.45, 2.75) is 37.9 Å². The van der Waals surface area contributed by atoms with Gasteiger partial charge >= 0.3 is 12.2 Å². The standard InChI is InChI=1S/C13H16F3N3O/c14-13(15,16)8-5-6-11(10(17)7-8)19-12(20)18-9-3-1-2-4-9/h5-7,9H,1-4,17H2,(H2,18,19,20). The lowest BCUT2D eigenvalue weighted by Gasteiger charge is -2.15. The number of amides is 2. The number of anilines is 2. The van der Waals surface area contributed by atoms with Crippen LogP contribution in [0, 0.1) is 0 Å². The topological polar surface area (TPSA) is 67.1 Å². The van der Waals surface area contributed by atoms with E-state index < -0.39 is 17.8 Å². The predicted molar refractivity (Wildman–Crippen MR) is 70.3 cm³/mol. The molecule has 0 saturated heterocycles. The van der Waals surface area contributed by atoms with E-state index in [-0.39, 0.29) is 17.4 Å². The number of halogens is 3. The van der Waals surface area contributed by atoms with Crippen LogP contribution in [0.15, 0.2) is 18.2 Å². The van der Waals surface area contributed by atoms with E-state index in [1.807, 2.05) is 0 Å². The monoisotopic (exact) mass is 287 g/mol. The van der Waals surface area contributed by atoms with Crippen LogP contribution in [0.25, 0.3) is 0 Å². The number of carbonyl (C=O) groups excluding carboxylic acids is 1. The molecule has 0 atom stereocenters. The number of hydrogen-bond acceptors (Lipinski definition) is 2. The van der Waals surface area contributed by atoms with Crippen LogP contribution in [-0.2, 0) is 6.18 Å². The SMILES string of the molecule is Nc1cc(C(F)(F)F)ccc1NC(=O)NC1CCCC1. The van der Waals surface area contributed by atoms with E-state index in [9.17, 15) is 18.0 Å². The first-order chi connectivity index (χ1) is 9.36. The molecule has 0 aliphatic heterocycles. The molecule has 110 valence electrons. The van der Waals surface area contributed by atoms with E-state index >= 15 is 0 Å². The highest BCUT2D eigenvalue weighted by molar-refractivity contribution is 5.92. The van der Waals surface area contributed by atoms with Crippen LogP contribution in [0.4, 0.5) is 29.3 Å². The molecule has 2 rings (SSSR count). The van der Waals surface area contributed by atoms with Crippen molar-refractivity contribution in [2.24, 2.45) is 0 Å². The fourth-order valence-corrected chi connectivity index (χ4v) is 2.27. The maximum absolute atomic E-state index is 12.5. The minimum Gasteiger partial charge on any atom is -0.397 e. The van der Waals surface area contributed by atoms with Gasteiger partial charge in [-0.1, -0.05) is 12.8 Å². The Balaban J connectivity index is 2.00. The van der Waals surface area contributed by atoms with Crippen LogP contribution in [0.2, 0.25) is 0 Å². The zero-order chi connectivity index (χ0) is 14.8. The van der Waals surface area contributed by atoms with E-state index in [0.29, 0.717) is 0 Å². The van der Waals surface area contributed by atoms with Crippen LogP contribution in [0.3, 0.4) is 0 Å². The van der Waals surface area contributed by atoms with Crippen LogP contribution in [0.1, 0.15) is 31.2 Å². The van der Waals surface area contributed by atoms with E-state index in [2.05, 4.69) is 10.6 Å². The highest BCUT2D eigenvalue weighted by Crippen LogP contribution is 2.32. The largest absolute Gasteiger partial charge is 0.416 e. The summed E-state index contributed by atoms with van der Waals surface area (Å²) in [6, 6.07) is 2.55. The molecule has 20 heavy (non-hydrogen) atoms. The Kier molecular flexibility index (Phi) is 4.06. The van der Waals surface area contributed by atoms with Gasteiger partial charge in [-0.25, -0.2) is 4.79 Å². The lowest BCUT2D eigenvalue weighted by atomic mass is 10.1. The number of urea groups is 1. The Hall–Kier alpha value is -1.92. The molecule has 0 bridgehead atoms. The summed E-state index contributed by atoms with van der Waals surface area (Å²) in [4.78, 5) is 11.7. The fourth-order valence-electron chi connectivity index (χ4n) is 2.27. The highest BCUT2D eigenvalue weighted by Gasteiger charge is 2.30. The third-order valence-corrected chi connectivity index (χ3v) is 3.32. The molecule has 1 aliphatic carbocycles. The molecular formula is C13H16F3N3O. The summed E-state index contributed by atoms with van der Waals surface area (Å²) >= 11 is 0. The molecule has 4 N–H and O–H groups in total. The zero-order valence-electron chi connectivity index (χ0n) is 10.8. The van der Waals surface area contributed by atoms with Crippen molar-refractivity contribution in [3.05, 3.63) is 23.8 Å². The first kappa shape index (κ1) is 14.5. The number of nitrogens with one attached hydrogen (secondary N) is 2. The maximum atomic E-state index is 12.5. The van der Waals surface area contributed by atoms with Gasteiger partial charge in [0.1, 0.15) is 0 Å². The molecule has 1 fully saturated rings. The first-order valence-electron chi connectivity index (χ1n) is 6.40.